The van der Waals surface area contributed by atoms with Crippen LogP contribution in [-0.2, 0) is 0 Å². The third-order valence-corrected chi connectivity index (χ3v) is 3.39. The van der Waals surface area contributed by atoms with E-state index in [0.717, 1.165) is 6.42 Å². The Kier molecular flexibility index (Phi) is 5.20. The van der Waals surface area contributed by atoms with Gasteiger partial charge in [0.1, 0.15) is 6.04 Å². The van der Waals surface area contributed by atoms with Gasteiger partial charge in [0, 0.05) is 6.04 Å². The first-order valence-corrected chi connectivity index (χ1v) is 6.24. The van der Waals surface area contributed by atoms with Crippen LogP contribution in [0.1, 0.15) is 38.8 Å². The van der Waals surface area contributed by atoms with Crippen molar-refractivity contribution in [1.82, 2.24) is 5.32 Å². The number of hydrogen-bond acceptors (Lipinski definition) is 1. The van der Waals surface area contributed by atoms with Crippen molar-refractivity contribution >= 4 is 0 Å². The lowest BCUT2D eigenvalue weighted by Crippen LogP contribution is -2.42. The third-order valence-electron chi connectivity index (χ3n) is 3.39. The van der Waals surface area contributed by atoms with E-state index < -0.39 is 12.2 Å². The zero-order chi connectivity index (χ0) is 13.8. The minimum atomic E-state index is -4.27. The SMILES string of the molecule is CCC(C)C(C)NC(c1ccccc1)C(F)(F)F. The highest BCUT2D eigenvalue weighted by Crippen LogP contribution is 2.33. The Bertz CT molecular complexity index is 348. The highest BCUT2D eigenvalue weighted by Gasteiger charge is 2.41. The number of hydrogen-bond donors (Lipinski definition) is 1. The molecule has 0 aliphatic rings. The summed E-state index contributed by atoms with van der Waals surface area (Å²) in [7, 11) is 0. The number of benzene rings is 1. The molecule has 102 valence electrons. The van der Waals surface area contributed by atoms with Gasteiger partial charge < -0.3 is 0 Å². The summed E-state index contributed by atoms with van der Waals surface area (Å²) in [6.07, 6.45) is -3.42. The van der Waals surface area contributed by atoms with Crippen LogP contribution in [0.2, 0.25) is 0 Å². The van der Waals surface area contributed by atoms with Crippen molar-refractivity contribution in [3.05, 3.63) is 35.9 Å². The van der Waals surface area contributed by atoms with Crippen LogP contribution < -0.4 is 5.32 Å². The smallest absolute Gasteiger partial charge is 0.300 e. The number of rotatable bonds is 5. The van der Waals surface area contributed by atoms with Crippen LogP contribution in [-0.4, -0.2) is 12.2 Å². The fourth-order valence-electron chi connectivity index (χ4n) is 1.81. The lowest BCUT2D eigenvalue weighted by atomic mass is 9.98. The van der Waals surface area contributed by atoms with Gasteiger partial charge >= 0.3 is 6.18 Å². The molecule has 4 heteroatoms. The van der Waals surface area contributed by atoms with Crippen molar-refractivity contribution in [2.45, 2.75) is 45.5 Å². The molecule has 0 radical (unpaired) electrons. The van der Waals surface area contributed by atoms with Crippen LogP contribution in [0, 0.1) is 5.92 Å². The van der Waals surface area contributed by atoms with E-state index in [-0.39, 0.29) is 17.5 Å². The summed E-state index contributed by atoms with van der Waals surface area (Å²) >= 11 is 0. The second-order valence-corrected chi connectivity index (χ2v) is 4.73. The highest BCUT2D eigenvalue weighted by atomic mass is 19.4. The summed E-state index contributed by atoms with van der Waals surface area (Å²) < 4.78 is 39.2. The molecule has 0 bridgehead atoms. The zero-order valence-corrected chi connectivity index (χ0v) is 11.0. The minimum Gasteiger partial charge on any atom is -0.300 e. The molecule has 0 aliphatic heterocycles. The van der Waals surface area contributed by atoms with Gasteiger partial charge in [-0.25, -0.2) is 0 Å². The highest BCUT2D eigenvalue weighted by molar-refractivity contribution is 5.20. The molecule has 0 heterocycles. The summed E-state index contributed by atoms with van der Waals surface area (Å²) in [6, 6.07) is 6.22. The van der Waals surface area contributed by atoms with E-state index in [2.05, 4.69) is 5.32 Å². The topological polar surface area (TPSA) is 12.0 Å². The molecular formula is C14H20F3N. The standard InChI is InChI=1S/C14H20F3N/c1-4-10(2)11(3)18-13(14(15,16)17)12-8-6-5-7-9-12/h5-11,13,18H,4H2,1-3H3. The summed E-state index contributed by atoms with van der Waals surface area (Å²) in [6.45, 7) is 5.74. The molecule has 18 heavy (non-hydrogen) atoms. The lowest BCUT2D eigenvalue weighted by Gasteiger charge is -2.28. The largest absolute Gasteiger partial charge is 0.407 e. The van der Waals surface area contributed by atoms with Gasteiger partial charge in [-0.15, -0.1) is 0 Å². The van der Waals surface area contributed by atoms with Gasteiger partial charge in [0.15, 0.2) is 0 Å². The maximum atomic E-state index is 13.1. The Labute approximate surface area is 106 Å². The Hall–Kier alpha value is -1.03. The summed E-state index contributed by atoms with van der Waals surface area (Å²) in [5.41, 5.74) is 0.264. The normalized spacial score (nSPS) is 17.2. The molecule has 0 amide bonds. The predicted molar refractivity (Wildman–Crippen MR) is 67.3 cm³/mol. The van der Waals surface area contributed by atoms with Crippen LogP contribution in [0.25, 0.3) is 0 Å². The van der Waals surface area contributed by atoms with Gasteiger partial charge in [0.05, 0.1) is 0 Å². The molecule has 0 aromatic heterocycles. The van der Waals surface area contributed by atoms with Gasteiger partial charge in [-0.2, -0.15) is 13.2 Å². The van der Waals surface area contributed by atoms with E-state index in [4.69, 9.17) is 0 Å². The molecule has 0 fully saturated rings. The maximum absolute atomic E-state index is 13.1. The van der Waals surface area contributed by atoms with Crippen molar-refractivity contribution in [2.75, 3.05) is 0 Å². The van der Waals surface area contributed by atoms with E-state index in [0.29, 0.717) is 0 Å². The monoisotopic (exact) mass is 259 g/mol. The quantitative estimate of drug-likeness (QED) is 0.830. The van der Waals surface area contributed by atoms with E-state index in [9.17, 15) is 13.2 Å². The first-order chi connectivity index (χ1) is 8.36. The summed E-state index contributed by atoms with van der Waals surface area (Å²) in [5, 5.41) is 2.70. The van der Waals surface area contributed by atoms with Crippen molar-refractivity contribution in [3.63, 3.8) is 0 Å². The molecule has 1 nitrogen and oxygen atoms in total. The summed E-state index contributed by atoms with van der Waals surface area (Å²) in [5.74, 6) is 0.207. The molecule has 0 spiro atoms. The van der Waals surface area contributed by atoms with Crippen LogP contribution in [0.3, 0.4) is 0 Å². The van der Waals surface area contributed by atoms with Crippen LogP contribution >= 0.6 is 0 Å². The second-order valence-electron chi connectivity index (χ2n) is 4.73. The molecule has 3 unspecified atom stereocenters. The number of halogens is 3. The van der Waals surface area contributed by atoms with Gasteiger partial charge in [0.25, 0.3) is 0 Å². The molecule has 1 N–H and O–H groups in total. The molecular weight excluding hydrogens is 239 g/mol. The Morgan fingerprint density at radius 3 is 2.11 bits per heavy atom. The molecule has 1 aromatic rings. The number of nitrogens with one attached hydrogen (secondary N) is 1. The fraction of sp³-hybridized carbons (Fsp3) is 0.571. The van der Waals surface area contributed by atoms with Crippen LogP contribution in [0.5, 0.6) is 0 Å². The zero-order valence-electron chi connectivity index (χ0n) is 11.0. The summed E-state index contributed by atoms with van der Waals surface area (Å²) in [4.78, 5) is 0. The van der Waals surface area contributed by atoms with E-state index in [1.54, 1.807) is 25.1 Å². The molecule has 3 atom stereocenters. The fourth-order valence-corrected chi connectivity index (χ4v) is 1.81. The van der Waals surface area contributed by atoms with Gasteiger partial charge in [-0.05, 0) is 18.4 Å². The Balaban J connectivity index is 2.88. The van der Waals surface area contributed by atoms with E-state index >= 15 is 0 Å². The van der Waals surface area contributed by atoms with Crippen molar-refractivity contribution in [2.24, 2.45) is 5.92 Å². The van der Waals surface area contributed by atoms with Gasteiger partial charge in [-0.1, -0.05) is 50.6 Å². The molecule has 1 rings (SSSR count). The van der Waals surface area contributed by atoms with Crippen molar-refractivity contribution in [1.29, 1.82) is 0 Å². The first kappa shape index (κ1) is 15.0. The third kappa shape index (κ3) is 4.02. The van der Waals surface area contributed by atoms with E-state index in [1.807, 2.05) is 13.8 Å². The van der Waals surface area contributed by atoms with Gasteiger partial charge in [-0.3, -0.25) is 5.32 Å². The molecule has 1 aromatic carbocycles. The van der Waals surface area contributed by atoms with E-state index in [1.165, 1.54) is 12.1 Å². The first-order valence-electron chi connectivity index (χ1n) is 6.24. The van der Waals surface area contributed by atoms with Crippen LogP contribution in [0.15, 0.2) is 30.3 Å². The second kappa shape index (κ2) is 6.23. The van der Waals surface area contributed by atoms with Gasteiger partial charge in [0.2, 0.25) is 0 Å². The van der Waals surface area contributed by atoms with Crippen molar-refractivity contribution in [3.8, 4) is 0 Å². The molecule has 0 aliphatic carbocycles. The van der Waals surface area contributed by atoms with Crippen molar-refractivity contribution < 1.29 is 13.2 Å². The lowest BCUT2D eigenvalue weighted by molar-refractivity contribution is -0.160. The predicted octanol–water partition coefficient (Wildman–Crippen LogP) is 4.31. The average Bonchev–Trinajstić information content (AvgIpc) is 2.34. The Morgan fingerprint density at radius 1 is 1.11 bits per heavy atom. The average molecular weight is 259 g/mol. The molecule has 0 saturated heterocycles. The minimum absolute atomic E-state index is 0.179. The maximum Gasteiger partial charge on any atom is 0.407 e. The van der Waals surface area contributed by atoms with Crippen LogP contribution in [0.4, 0.5) is 13.2 Å². The number of alkyl halides is 3. The molecule has 0 saturated carbocycles. The Morgan fingerprint density at radius 2 is 1.67 bits per heavy atom.